The SMILES string of the molecule is C=CCc1cccc(Cl)c1OCCCCN1CCN(CC)CC1.O=C(O)C(=O)O. The summed E-state index contributed by atoms with van der Waals surface area (Å²) in [5, 5.41) is 15.5. The van der Waals surface area contributed by atoms with E-state index in [0.717, 1.165) is 30.8 Å². The lowest BCUT2D eigenvalue weighted by molar-refractivity contribution is -0.159. The average molecular weight is 427 g/mol. The smallest absolute Gasteiger partial charge is 0.414 e. The van der Waals surface area contributed by atoms with E-state index in [9.17, 15) is 0 Å². The summed E-state index contributed by atoms with van der Waals surface area (Å²) < 4.78 is 5.94. The molecule has 2 N–H and O–H groups in total. The first-order valence-electron chi connectivity index (χ1n) is 9.81. The number of hydrogen-bond donors (Lipinski definition) is 2. The van der Waals surface area contributed by atoms with Crippen molar-refractivity contribution >= 4 is 23.5 Å². The number of nitrogens with zero attached hydrogens (tertiary/aromatic N) is 2. The number of allylic oxidation sites excluding steroid dienone is 1. The maximum absolute atomic E-state index is 9.10. The summed E-state index contributed by atoms with van der Waals surface area (Å²) in [6.45, 7) is 13.9. The van der Waals surface area contributed by atoms with Crippen molar-refractivity contribution in [2.45, 2.75) is 26.2 Å². The summed E-state index contributed by atoms with van der Waals surface area (Å²) in [6, 6.07) is 5.90. The molecule has 2 rings (SSSR count). The fourth-order valence-corrected chi connectivity index (χ4v) is 3.22. The molecule has 1 saturated heterocycles. The highest BCUT2D eigenvalue weighted by atomic mass is 35.5. The van der Waals surface area contributed by atoms with Crippen LogP contribution in [0.15, 0.2) is 30.9 Å². The van der Waals surface area contributed by atoms with E-state index in [1.54, 1.807) is 0 Å². The molecule has 0 saturated carbocycles. The van der Waals surface area contributed by atoms with Crippen molar-refractivity contribution in [1.29, 1.82) is 0 Å². The number of aliphatic carboxylic acids is 2. The van der Waals surface area contributed by atoms with Gasteiger partial charge in [0, 0.05) is 26.2 Å². The summed E-state index contributed by atoms with van der Waals surface area (Å²) in [5.41, 5.74) is 1.11. The molecule has 29 heavy (non-hydrogen) atoms. The van der Waals surface area contributed by atoms with Crippen LogP contribution >= 0.6 is 11.6 Å². The molecule has 0 aliphatic carbocycles. The van der Waals surface area contributed by atoms with Gasteiger partial charge in [-0.2, -0.15) is 0 Å². The Labute approximate surface area is 177 Å². The summed E-state index contributed by atoms with van der Waals surface area (Å²) in [4.78, 5) is 23.3. The summed E-state index contributed by atoms with van der Waals surface area (Å²) >= 11 is 6.25. The molecular formula is C21H31ClN2O5. The predicted molar refractivity (Wildman–Crippen MR) is 114 cm³/mol. The van der Waals surface area contributed by atoms with Crippen LogP contribution in [0.25, 0.3) is 0 Å². The Balaban J connectivity index is 0.000000612. The molecule has 0 radical (unpaired) electrons. The van der Waals surface area contributed by atoms with Crippen LogP contribution in [0.4, 0.5) is 0 Å². The average Bonchev–Trinajstić information content (AvgIpc) is 2.70. The number of hydrogen-bond acceptors (Lipinski definition) is 5. The Hall–Kier alpha value is -2.09. The standard InChI is InChI=1S/C19H29ClN2O.C2H2O4/c1-3-8-17-9-7-10-18(20)19(17)23-16-6-5-11-22-14-12-21(4-2)13-15-22;3-1(4)2(5)6/h3,7,9-10H,1,4-6,8,11-16H2,2H3;(H,3,4)(H,5,6). The number of piperazine rings is 1. The van der Waals surface area contributed by atoms with Crippen LogP contribution in [-0.4, -0.2) is 77.8 Å². The Morgan fingerprint density at radius 3 is 2.31 bits per heavy atom. The van der Waals surface area contributed by atoms with Gasteiger partial charge in [-0.25, -0.2) is 9.59 Å². The van der Waals surface area contributed by atoms with Gasteiger partial charge in [-0.05, 0) is 44.0 Å². The van der Waals surface area contributed by atoms with Crippen molar-refractivity contribution in [3.8, 4) is 5.75 Å². The van der Waals surface area contributed by atoms with Crippen molar-refractivity contribution in [3.05, 3.63) is 41.4 Å². The van der Waals surface area contributed by atoms with E-state index >= 15 is 0 Å². The molecule has 0 unspecified atom stereocenters. The summed E-state index contributed by atoms with van der Waals surface area (Å²) in [5.74, 6) is -2.82. The normalized spacial score (nSPS) is 14.6. The number of carbonyl (C=O) groups is 2. The monoisotopic (exact) mass is 426 g/mol. The molecule has 7 nitrogen and oxygen atoms in total. The molecule has 0 atom stereocenters. The first kappa shape index (κ1) is 24.9. The zero-order valence-electron chi connectivity index (χ0n) is 17.0. The van der Waals surface area contributed by atoms with Crippen LogP contribution < -0.4 is 4.74 Å². The second-order valence-corrected chi connectivity index (χ2v) is 7.07. The van der Waals surface area contributed by atoms with Crippen LogP contribution in [0.3, 0.4) is 0 Å². The lowest BCUT2D eigenvalue weighted by Crippen LogP contribution is -2.46. The fraction of sp³-hybridized carbons (Fsp3) is 0.524. The van der Waals surface area contributed by atoms with Crippen LogP contribution in [0.1, 0.15) is 25.3 Å². The Morgan fingerprint density at radius 1 is 1.14 bits per heavy atom. The Kier molecular flexibility index (Phi) is 12.0. The largest absolute Gasteiger partial charge is 0.492 e. The zero-order valence-corrected chi connectivity index (χ0v) is 17.7. The fourth-order valence-electron chi connectivity index (χ4n) is 2.97. The van der Waals surface area contributed by atoms with Crippen LogP contribution in [-0.2, 0) is 16.0 Å². The first-order valence-corrected chi connectivity index (χ1v) is 10.2. The number of unbranched alkanes of at least 4 members (excludes halogenated alkanes) is 1. The molecule has 0 amide bonds. The van der Waals surface area contributed by atoms with Gasteiger partial charge in [-0.15, -0.1) is 6.58 Å². The molecule has 1 aliphatic rings. The van der Waals surface area contributed by atoms with Gasteiger partial charge in [0.05, 0.1) is 11.6 Å². The van der Waals surface area contributed by atoms with Gasteiger partial charge in [0.2, 0.25) is 0 Å². The van der Waals surface area contributed by atoms with Crippen molar-refractivity contribution < 1.29 is 24.5 Å². The van der Waals surface area contributed by atoms with E-state index < -0.39 is 11.9 Å². The van der Waals surface area contributed by atoms with Crippen LogP contribution in [0.2, 0.25) is 5.02 Å². The number of benzene rings is 1. The quantitative estimate of drug-likeness (QED) is 0.356. The predicted octanol–water partition coefficient (Wildman–Crippen LogP) is 3.02. The topological polar surface area (TPSA) is 90.3 Å². The van der Waals surface area contributed by atoms with Crippen LogP contribution in [0, 0.1) is 0 Å². The molecule has 8 heteroatoms. The number of carboxylic acids is 2. The first-order chi connectivity index (χ1) is 13.9. The highest BCUT2D eigenvalue weighted by Gasteiger charge is 2.14. The lowest BCUT2D eigenvalue weighted by Gasteiger charge is -2.33. The molecule has 162 valence electrons. The minimum Gasteiger partial charge on any atom is -0.492 e. The van der Waals surface area contributed by atoms with Crippen LogP contribution in [0.5, 0.6) is 5.75 Å². The Morgan fingerprint density at radius 2 is 1.76 bits per heavy atom. The molecule has 1 aromatic rings. The van der Waals surface area contributed by atoms with Gasteiger partial charge >= 0.3 is 11.9 Å². The molecule has 1 aromatic carbocycles. The number of likely N-dealkylation sites (N-methyl/N-ethyl adjacent to an activating group) is 1. The van der Waals surface area contributed by atoms with E-state index in [0.29, 0.717) is 5.02 Å². The van der Waals surface area contributed by atoms with Gasteiger partial charge in [0.15, 0.2) is 0 Å². The molecule has 0 bridgehead atoms. The van der Waals surface area contributed by atoms with Crippen molar-refractivity contribution in [2.24, 2.45) is 0 Å². The molecule has 0 aromatic heterocycles. The van der Waals surface area contributed by atoms with Gasteiger partial charge in [-0.1, -0.05) is 36.7 Å². The zero-order chi connectivity index (χ0) is 21.6. The third kappa shape index (κ3) is 9.78. The highest BCUT2D eigenvalue weighted by molar-refractivity contribution is 6.32. The van der Waals surface area contributed by atoms with Gasteiger partial charge in [0.1, 0.15) is 5.75 Å². The van der Waals surface area contributed by atoms with E-state index in [2.05, 4.69) is 29.4 Å². The number of rotatable bonds is 9. The molecule has 0 spiro atoms. The molecule has 1 heterocycles. The molecule has 1 aliphatic heterocycles. The molecule has 1 fully saturated rings. The number of para-hydroxylation sites is 1. The van der Waals surface area contributed by atoms with Gasteiger partial charge in [-0.3, -0.25) is 0 Å². The number of halogens is 1. The third-order valence-corrected chi connectivity index (χ3v) is 4.92. The van der Waals surface area contributed by atoms with E-state index in [1.807, 2.05) is 18.2 Å². The van der Waals surface area contributed by atoms with E-state index in [-0.39, 0.29) is 0 Å². The minimum atomic E-state index is -1.82. The summed E-state index contributed by atoms with van der Waals surface area (Å²) in [6.07, 6.45) is 4.91. The maximum atomic E-state index is 9.10. The van der Waals surface area contributed by atoms with Gasteiger partial charge < -0.3 is 24.7 Å². The van der Waals surface area contributed by atoms with E-state index in [4.69, 9.17) is 36.1 Å². The third-order valence-electron chi connectivity index (χ3n) is 4.62. The number of carboxylic acid groups (broad SMARTS) is 2. The second-order valence-electron chi connectivity index (χ2n) is 6.66. The van der Waals surface area contributed by atoms with E-state index in [1.165, 1.54) is 45.7 Å². The maximum Gasteiger partial charge on any atom is 0.414 e. The minimum absolute atomic E-state index is 0.694. The second kappa shape index (κ2) is 14.0. The lowest BCUT2D eigenvalue weighted by atomic mass is 10.1. The summed E-state index contributed by atoms with van der Waals surface area (Å²) in [7, 11) is 0. The van der Waals surface area contributed by atoms with Crippen molar-refractivity contribution in [2.75, 3.05) is 45.9 Å². The number of ether oxygens (including phenoxy) is 1. The van der Waals surface area contributed by atoms with Crippen molar-refractivity contribution in [3.63, 3.8) is 0 Å². The Bertz CT molecular complexity index is 648. The van der Waals surface area contributed by atoms with Crippen molar-refractivity contribution in [1.82, 2.24) is 9.80 Å². The highest BCUT2D eigenvalue weighted by Crippen LogP contribution is 2.29. The molecular weight excluding hydrogens is 396 g/mol. The van der Waals surface area contributed by atoms with Gasteiger partial charge in [0.25, 0.3) is 0 Å².